The molecule has 3 amide bonds. The Balaban J connectivity index is 1.36. The predicted octanol–water partition coefficient (Wildman–Crippen LogP) is 0.744. The topological polar surface area (TPSA) is 141 Å². The molecule has 1 spiro atoms. The molecule has 3 aliphatic rings. The van der Waals surface area contributed by atoms with E-state index < -0.39 is 36.3 Å². The van der Waals surface area contributed by atoms with Gasteiger partial charge >= 0.3 is 0 Å². The van der Waals surface area contributed by atoms with Crippen LogP contribution in [0.5, 0.6) is 5.75 Å². The van der Waals surface area contributed by atoms with E-state index in [0.717, 1.165) is 23.7 Å². The number of amides is 3. The number of likely N-dealkylation sites (tertiary alicyclic amines) is 1. The van der Waals surface area contributed by atoms with Gasteiger partial charge in [-0.1, -0.05) is 6.07 Å². The van der Waals surface area contributed by atoms with E-state index in [9.17, 15) is 24.3 Å². The van der Waals surface area contributed by atoms with E-state index in [1.54, 1.807) is 18.1 Å². The summed E-state index contributed by atoms with van der Waals surface area (Å²) in [6, 6.07) is 5.53. The van der Waals surface area contributed by atoms with Crippen LogP contribution in [0.25, 0.3) is 10.9 Å². The number of hydrogen-bond acceptors (Lipinski definition) is 6. The van der Waals surface area contributed by atoms with E-state index in [1.807, 2.05) is 18.2 Å². The van der Waals surface area contributed by atoms with Gasteiger partial charge in [0, 0.05) is 29.9 Å². The molecule has 3 fully saturated rings. The second-order valence-electron chi connectivity index (χ2n) is 9.96. The number of carbonyl (C=O) groups excluding carboxylic acids is 4. The van der Waals surface area contributed by atoms with E-state index in [2.05, 4.69) is 15.6 Å². The molecule has 0 bridgehead atoms. The molecule has 5 rings (SSSR count). The molecule has 3 atom stereocenters. The van der Waals surface area contributed by atoms with E-state index in [1.165, 1.54) is 0 Å². The lowest BCUT2D eigenvalue weighted by atomic mass is 9.95. The van der Waals surface area contributed by atoms with Crippen molar-refractivity contribution in [3.63, 3.8) is 0 Å². The Kier molecular flexibility index (Phi) is 6.00. The van der Waals surface area contributed by atoms with Gasteiger partial charge in [0.05, 0.1) is 13.2 Å². The van der Waals surface area contributed by atoms with E-state index in [-0.39, 0.29) is 23.7 Å². The smallest absolute Gasteiger partial charge is 0.271 e. The number of aromatic nitrogens is 1. The largest absolute Gasteiger partial charge is 0.496 e. The van der Waals surface area contributed by atoms with Crippen molar-refractivity contribution in [3.05, 3.63) is 30.0 Å². The van der Waals surface area contributed by atoms with Gasteiger partial charge in [-0.2, -0.15) is 0 Å². The number of rotatable bonds is 8. The van der Waals surface area contributed by atoms with Crippen LogP contribution in [0.15, 0.2) is 24.3 Å². The van der Waals surface area contributed by atoms with Crippen LogP contribution in [0.1, 0.15) is 42.6 Å². The first-order chi connectivity index (χ1) is 16.8. The van der Waals surface area contributed by atoms with Crippen molar-refractivity contribution in [2.45, 2.75) is 44.2 Å². The van der Waals surface area contributed by atoms with Crippen LogP contribution < -0.4 is 15.4 Å². The number of aliphatic hydroxyl groups is 1. The third-order valence-corrected chi connectivity index (χ3v) is 7.65. The Bertz CT molecular complexity index is 1190. The zero-order chi connectivity index (χ0) is 24.7. The molecule has 3 heterocycles. The first kappa shape index (κ1) is 23.3. The second kappa shape index (κ2) is 8.99. The highest BCUT2D eigenvalue weighted by molar-refractivity contribution is 6.02. The Morgan fingerprint density at radius 2 is 2.11 bits per heavy atom. The normalized spacial score (nSPS) is 23.4. The van der Waals surface area contributed by atoms with Crippen LogP contribution >= 0.6 is 0 Å². The average molecular weight is 483 g/mol. The van der Waals surface area contributed by atoms with Crippen LogP contribution in [-0.4, -0.2) is 77.4 Å². The summed E-state index contributed by atoms with van der Waals surface area (Å²) in [6.07, 6.45) is 3.12. The highest BCUT2D eigenvalue weighted by Gasteiger charge is 2.55. The lowest BCUT2D eigenvalue weighted by Gasteiger charge is -2.26. The Labute approximate surface area is 202 Å². The SMILES string of the molecule is COc1cccc2[nH]c(C(=O)N3CC4(CC4)C[C@H]3C(=O)N[C@@H](C[C@@H]3CCNC3=O)C(=O)CO)cc12. The fourth-order valence-corrected chi connectivity index (χ4v) is 5.42. The van der Waals surface area contributed by atoms with E-state index in [4.69, 9.17) is 4.74 Å². The van der Waals surface area contributed by atoms with Gasteiger partial charge in [0.25, 0.3) is 5.91 Å². The van der Waals surface area contributed by atoms with Crippen molar-refractivity contribution in [1.29, 1.82) is 0 Å². The summed E-state index contributed by atoms with van der Waals surface area (Å²) in [4.78, 5) is 56.1. The molecule has 2 saturated heterocycles. The van der Waals surface area contributed by atoms with Gasteiger partial charge in [0.2, 0.25) is 11.8 Å². The lowest BCUT2D eigenvalue weighted by Crippen LogP contribution is -2.52. The maximum Gasteiger partial charge on any atom is 0.271 e. The monoisotopic (exact) mass is 482 g/mol. The summed E-state index contributed by atoms with van der Waals surface area (Å²) < 4.78 is 5.40. The number of nitrogens with zero attached hydrogens (tertiary/aromatic N) is 1. The number of H-pyrrole nitrogens is 1. The molecule has 0 unspecified atom stereocenters. The number of ketones is 1. The summed E-state index contributed by atoms with van der Waals surface area (Å²) in [6.45, 7) is 0.272. The second-order valence-corrected chi connectivity index (χ2v) is 9.96. The molecule has 4 N–H and O–H groups in total. The zero-order valence-electron chi connectivity index (χ0n) is 19.6. The van der Waals surface area contributed by atoms with Crippen molar-refractivity contribution >= 4 is 34.4 Å². The molecule has 1 aromatic heterocycles. The quantitative estimate of drug-likeness (QED) is 0.438. The predicted molar refractivity (Wildman–Crippen MR) is 126 cm³/mol. The molecule has 2 aliphatic heterocycles. The van der Waals surface area contributed by atoms with Crippen molar-refractivity contribution in [2.75, 3.05) is 26.8 Å². The number of aliphatic hydroxyl groups excluding tert-OH is 1. The van der Waals surface area contributed by atoms with Gasteiger partial charge < -0.3 is 30.4 Å². The van der Waals surface area contributed by atoms with Crippen molar-refractivity contribution in [2.24, 2.45) is 11.3 Å². The molecule has 10 nitrogen and oxygen atoms in total. The standard InChI is InChI=1S/C25H30N4O6/c1-35-21-4-2-3-16-15(21)10-18(27-16)24(34)29-13-25(6-7-25)11-19(29)23(33)28-17(20(31)12-30)9-14-5-8-26-22(14)32/h2-4,10,14,17,19,27,30H,5-9,11-13H2,1H3,(H,26,32)(H,28,33)/t14-,17-,19-/m0/s1. The zero-order valence-corrected chi connectivity index (χ0v) is 19.6. The highest BCUT2D eigenvalue weighted by atomic mass is 16.5. The van der Waals surface area contributed by atoms with Crippen molar-refractivity contribution in [1.82, 2.24) is 20.5 Å². The molecule has 186 valence electrons. The Morgan fingerprint density at radius 3 is 2.77 bits per heavy atom. The van der Waals surface area contributed by atoms with Crippen LogP contribution in [0, 0.1) is 11.3 Å². The maximum atomic E-state index is 13.6. The number of carbonyl (C=O) groups is 4. The third-order valence-electron chi connectivity index (χ3n) is 7.65. The minimum absolute atomic E-state index is 0.0663. The van der Waals surface area contributed by atoms with Crippen LogP contribution in [-0.2, 0) is 14.4 Å². The van der Waals surface area contributed by atoms with Gasteiger partial charge in [-0.15, -0.1) is 0 Å². The molecule has 10 heteroatoms. The van der Waals surface area contributed by atoms with Crippen molar-refractivity contribution in [3.8, 4) is 5.75 Å². The fraction of sp³-hybridized carbons (Fsp3) is 0.520. The molecular formula is C25H30N4O6. The van der Waals surface area contributed by atoms with E-state index in [0.29, 0.717) is 37.4 Å². The number of nitrogens with one attached hydrogen (secondary N) is 3. The van der Waals surface area contributed by atoms with Gasteiger partial charge in [-0.3, -0.25) is 19.2 Å². The minimum Gasteiger partial charge on any atom is -0.496 e. The average Bonchev–Trinajstić information content (AvgIpc) is 3.16. The number of benzene rings is 1. The van der Waals surface area contributed by atoms with Crippen LogP contribution in [0.3, 0.4) is 0 Å². The van der Waals surface area contributed by atoms with Crippen LogP contribution in [0.4, 0.5) is 0 Å². The van der Waals surface area contributed by atoms with E-state index >= 15 is 0 Å². The molecule has 0 radical (unpaired) electrons. The first-order valence-electron chi connectivity index (χ1n) is 12.0. The first-order valence-corrected chi connectivity index (χ1v) is 12.0. The molecule has 35 heavy (non-hydrogen) atoms. The fourth-order valence-electron chi connectivity index (χ4n) is 5.42. The highest BCUT2D eigenvalue weighted by Crippen LogP contribution is 2.55. The summed E-state index contributed by atoms with van der Waals surface area (Å²) in [5, 5.41) is 15.7. The lowest BCUT2D eigenvalue weighted by molar-refractivity contribution is -0.132. The Hall–Kier alpha value is -3.40. The Morgan fingerprint density at radius 1 is 1.31 bits per heavy atom. The summed E-state index contributed by atoms with van der Waals surface area (Å²) in [5.41, 5.74) is 1.06. The van der Waals surface area contributed by atoms with Crippen molar-refractivity contribution < 1.29 is 29.0 Å². The van der Waals surface area contributed by atoms with Crippen LogP contribution in [0.2, 0.25) is 0 Å². The van der Waals surface area contributed by atoms with Gasteiger partial charge in [0.1, 0.15) is 24.1 Å². The maximum absolute atomic E-state index is 13.6. The molecule has 1 aliphatic carbocycles. The minimum atomic E-state index is -0.980. The summed E-state index contributed by atoms with van der Waals surface area (Å²) in [5.74, 6) is -1.16. The summed E-state index contributed by atoms with van der Waals surface area (Å²) in [7, 11) is 1.57. The number of hydrogen-bond donors (Lipinski definition) is 4. The number of fused-ring (bicyclic) bond motifs is 1. The third kappa shape index (κ3) is 4.38. The van der Waals surface area contributed by atoms with Gasteiger partial charge in [0.15, 0.2) is 5.78 Å². The molecule has 1 saturated carbocycles. The number of Topliss-reactive ketones (excluding diaryl/α,β-unsaturated/α-hetero) is 1. The molecule has 1 aromatic carbocycles. The number of aromatic amines is 1. The molecular weight excluding hydrogens is 452 g/mol. The number of ether oxygens (including phenoxy) is 1. The molecule has 2 aromatic rings. The van der Waals surface area contributed by atoms with Gasteiger partial charge in [-0.25, -0.2) is 0 Å². The summed E-state index contributed by atoms with van der Waals surface area (Å²) >= 11 is 0. The number of methoxy groups -OCH3 is 1. The van der Waals surface area contributed by atoms with Gasteiger partial charge in [-0.05, 0) is 55.7 Å².